The van der Waals surface area contributed by atoms with Crippen molar-refractivity contribution in [2.45, 2.75) is 24.9 Å². The molecule has 0 spiro atoms. The molecule has 2 unspecified atom stereocenters. The Morgan fingerprint density at radius 3 is 2.94 bits per heavy atom. The summed E-state index contributed by atoms with van der Waals surface area (Å²) in [4.78, 5) is 3.69. The molecule has 1 N–H and O–H groups in total. The fourth-order valence-corrected chi connectivity index (χ4v) is 2.63. The Morgan fingerprint density at radius 2 is 2.17 bits per heavy atom. The topological polar surface area (TPSA) is 33.1 Å². The van der Waals surface area contributed by atoms with E-state index < -0.39 is 11.9 Å². The summed E-state index contributed by atoms with van der Waals surface area (Å²) in [5, 5.41) is 10.1. The highest BCUT2D eigenvalue weighted by atomic mass is 19.1. The second-order valence-electron chi connectivity index (χ2n) is 4.75. The van der Waals surface area contributed by atoms with Crippen LogP contribution >= 0.6 is 0 Å². The second-order valence-corrected chi connectivity index (χ2v) is 4.75. The number of benzene rings is 1. The molecule has 1 heterocycles. The molecule has 0 radical (unpaired) electrons. The van der Waals surface area contributed by atoms with Gasteiger partial charge in [-0.3, -0.25) is 4.98 Å². The van der Waals surface area contributed by atoms with Crippen LogP contribution in [0.25, 0.3) is 0 Å². The van der Waals surface area contributed by atoms with Gasteiger partial charge < -0.3 is 5.11 Å². The molecule has 1 aliphatic rings. The number of aliphatic hydroxyl groups excluding tert-OH is 1. The van der Waals surface area contributed by atoms with Crippen LogP contribution in [0.15, 0.2) is 42.7 Å². The first-order chi connectivity index (χ1) is 8.75. The van der Waals surface area contributed by atoms with Crippen molar-refractivity contribution in [3.05, 3.63) is 65.2 Å². The minimum absolute atomic E-state index is 0.337. The molecule has 3 rings (SSSR count). The molecule has 1 aliphatic carbocycles. The van der Waals surface area contributed by atoms with Gasteiger partial charge in [0.1, 0.15) is 5.82 Å². The van der Waals surface area contributed by atoms with Crippen LogP contribution in [-0.4, -0.2) is 10.1 Å². The fraction of sp³-hybridized carbons (Fsp3) is 0.267. The summed E-state index contributed by atoms with van der Waals surface area (Å²) in [5.41, 5.74) is 2.96. The quantitative estimate of drug-likeness (QED) is 0.899. The van der Waals surface area contributed by atoms with Crippen molar-refractivity contribution in [2.24, 2.45) is 0 Å². The molecule has 0 fully saturated rings. The third-order valence-corrected chi connectivity index (χ3v) is 3.63. The van der Waals surface area contributed by atoms with Crippen LogP contribution in [0, 0.1) is 5.82 Å². The van der Waals surface area contributed by atoms with E-state index in [-0.39, 0.29) is 0 Å². The number of hydrogen-bond acceptors (Lipinski definition) is 2. The summed E-state index contributed by atoms with van der Waals surface area (Å²) in [5.74, 6) is -0.0960. The minimum atomic E-state index is -0.758. The van der Waals surface area contributed by atoms with Crippen LogP contribution in [0.2, 0.25) is 0 Å². The highest BCUT2D eigenvalue weighted by Gasteiger charge is 2.28. The standard InChI is InChI=1S/C15H14FNO/c16-14-9-17-6-5-13(14)15(18)8-11-7-10-3-1-2-4-12(10)11/h1-6,9,11,15,18H,7-8H2. The molecule has 0 amide bonds. The summed E-state index contributed by atoms with van der Waals surface area (Å²) >= 11 is 0. The summed E-state index contributed by atoms with van der Waals surface area (Å²) in [6.45, 7) is 0. The van der Waals surface area contributed by atoms with Crippen molar-refractivity contribution in [2.75, 3.05) is 0 Å². The van der Waals surface area contributed by atoms with E-state index in [0.29, 0.717) is 17.9 Å². The summed E-state index contributed by atoms with van der Waals surface area (Å²) in [6, 6.07) is 9.76. The highest BCUT2D eigenvalue weighted by molar-refractivity contribution is 5.40. The molecule has 3 heteroatoms. The maximum absolute atomic E-state index is 13.5. The SMILES string of the molecule is OC(CC1Cc2ccccc21)c1ccncc1F. The normalized spacial score (nSPS) is 18.9. The Bertz CT molecular complexity index is 570. The molecule has 92 valence electrons. The number of aromatic nitrogens is 1. The number of pyridine rings is 1. The molecule has 1 aromatic carbocycles. The maximum atomic E-state index is 13.5. The van der Waals surface area contributed by atoms with E-state index in [0.717, 1.165) is 12.6 Å². The molecule has 0 saturated carbocycles. The van der Waals surface area contributed by atoms with Crippen LogP contribution in [0.4, 0.5) is 4.39 Å². The lowest BCUT2D eigenvalue weighted by Gasteiger charge is -2.31. The van der Waals surface area contributed by atoms with Crippen LogP contribution in [0.1, 0.15) is 35.1 Å². The average Bonchev–Trinajstić information content (AvgIpc) is 2.36. The maximum Gasteiger partial charge on any atom is 0.147 e. The number of fused-ring (bicyclic) bond motifs is 1. The summed E-state index contributed by atoms with van der Waals surface area (Å²) in [7, 11) is 0. The molecule has 0 bridgehead atoms. The van der Waals surface area contributed by atoms with Gasteiger partial charge in [-0.05, 0) is 36.0 Å². The van der Waals surface area contributed by atoms with E-state index in [2.05, 4.69) is 17.1 Å². The van der Waals surface area contributed by atoms with Crippen molar-refractivity contribution in [3.63, 3.8) is 0 Å². The molecule has 2 aromatic rings. The Hall–Kier alpha value is -1.74. The smallest absolute Gasteiger partial charge is 0.147 e. The molecule has 0 saturated heterocycles. The van der Waals surface area contributed by atoms with Crippen LogP contribution in [-0.2, 0) is 6.42 Å². The molecule has 18 heavy (non-hydrogen) atoms. The summed E-state index contributed by atoms with van der Waals surface area (Å²) in [6.07, 6.45) is 3.44. The van der Waals surface area contributed by atoms with Crippen LogP contribution < -0.4 is 0 Å². The third kappa shape index (κ3) is 1.91. The van der Waals surface area contributed by atoms with Gasteiger partial charge in [-0.25, -0.2) is 4.39 Å². The predicted molar refractivity (Wildman–Crippen MR) is 66.7 cm³/mol. The van der Waals surface area contributed by atoms with E-state index in [1.165, 1.54) is 17.3 Å². The van der Waals surface area contributed by atoms with E-state index in [4.69, 9.17) is 0 Å². The van der Waals surface area contributed by atoms with Gasteiger partial charge in [0.15, 0.2) is 0 Å². The molecule has 1 aromatic heterocycles. The number of aliphatic hydroxyl groups is 1. The zero-order chi connectivity index (χ0) is 12.5. The number of nitrogens with zero attached hydrogens (tertiary/aromatic N) is 1. The number of hydrogen-bond donors (Lipinski definition) is 1. The summed E-state index contributed by atoms with van der Waals surface area (Å²) < 4.78 is 13.5. The fourth-order valence-electron chi connectivity index (χ4n) is 2.63. The first-order valence-electron chi connectivity index (χ1n) is 6.11. The molecular formula is C15H14FNO. The molecule has 0 aliphatic heterocycles. The average molecular weight is 243 g/mol. The van der Waals surface area contributed by atoms with Crippen molar-refractivity contribution in [1.29, 1.82) is 0 Å². The van der Waals surface area contributed by atoms with Crippen molar-refractivity contribution >= 4 is 0 Å². The lowest BCUT2D eigenvalue weighted by molar-refractivity contribution is 0.149. The molecule has 2 nitrogen and oxygen atoms in total. The Labute approximate surface area is 105 Å². The van der Waals surface area contributed by atoms with E-state index in [9.17, 15) is 9.50 Å². The number of rotatable bonds is 3. The zero-order valence-electron chi connectivity index (χ0n) is 9.88. The van der Waals surface area contributed by atoms with Crippen molar-refractivity contribution in [3.8, 4) is 0 Å². The van der Waals surface area contributed by atoms with Gasteiger partial charge in [0.05, 0.1) is 12.3 Å². The largest absolute Gasteiger partial charge is 0.388 e. The number of halogens is 1. The van der Waals surface area contributed by atoms with Gasteiger partial charge >= 0.3 is 0 Å². The minimum Gasteiger partial charge on any atom is -0.388 e. The zero-order valence-corrected chi connectivity index (χ0v) is 9.88. The van der Waals surface area contributed by atoms with Gasteiger partial charge in [-0.2, -0.15) is 0 Å². The lowest BCUT2D eigenvalue weighted by Crippen LogP contribution is -2.19. The van der Waals surface area contributed by atoms with Gasteiger partial charge in [-0.15, -0.1) is 0 Å². The Kier molecular flexibility index (Phi) is 2.84. The predicted octanol–water partition coefficient (Wildman–Crippen LogP) is 2.98. The lowest BCUT2D eigenvalue weighted by atomic mass is 9.74. The van der Waals surface area contributed by atoms with Crippen molar-refractivity contribution < 1.29 is 9.50 Å². The molecule has 2 atom stereocenters. The Balaban J connectivity index is 1.74. The van der Waals surface area contributed by atoms with Gasteiger partial charge in [-0.1, -0.05) is 24.3 Å². The van der Waals surface area contributed by atoms with E-state index >= 15 is 0 Å². The first kappa shape index (κ1) is 11.4. The van der Waals surface area contributed by atoms with Gasteiger partial charge in [0, 0.05) is 11.8 Å². The first-order valence-corrected chi connectivity index (χ1v) is 6.11. The van der Waals surface area contributed by atoms with Crippen LogP contribution in [0.3, 0.4) is 0 Å². The van der Waals surface area contributed by atoms with Gasteiger partial charge in [0.2, 0.25) is 0 Å². The van der Waals surface area contributed by atoms with Crippen molar-refractivity contribution in [1.82, 2.24) is 4.98 Å². The Morgan fingerprint density at radius 1 is 1.33 bits per heavy atom. The van der Waals surface area contributed by atoms with Crippen LogP contribution in [0.5, 0.6) is 0 Å². The van der Waals surface area contributed by atoms with E-state index in [1.807, 2.05) is 12.1 Å². The second kappa shape index (κ2) is 4.50. The molecular weight excluding hydrogens is 229 g/mol. The third-order valence-electron chi connectivity index (χ3n) is 3.63. The monoisotopic (exact) mass is 243 g/mol. The highest BCUT2D eigenvalue weighted by Crippen LogP contribution is 2.40. The van der Waals surface area contributed by atoms with E-state index in [1.54, 1.807) is 6.07 Å². The van der Waals surface area contributed by atoms with Gasteiger partial charge in [0.25, 0.3) is 0 Å².